The predicted molar refractivity (Wildman–Crippen MR) is 57.4 cm³/mol. The molecule has 0 aromatic rings. The number of likely N-dealkylation sites (N-methyl/N-ethyl adjacent to an activating group) is 2. The third kappa shape index (κ3) is 3.20. The number of hydrogen-bond donors (Lipinski definition) is 1. The van der Waals surface area contributed by atoms with Gasteiger partial charge in [-0.05, 0) is 14.0 Å². The van der Waals surface area contributed by atoms with E-state index in [0.717, 1.165) is 0 Å². The molecule has 1 aliphatic rings. The molecule has 0 aromatic carbocycles. The van der Waals surface area contributed by atoms with Crippen LogP contribution in [0.3, 0.4) is 0 Å². The van der Waals surface area contributed by atoms with Gasteiger partial charge in [-0.25, -0.2) is 0 Å². The number of hydrogen-bond acceptors (Lipinski definition) is 3. The van der Waals surface area contributed by atoms with Crippen molar-refractivity contribution in [1.82, 2.24) is 15.1 Å². The molecule has 1 rings (SSSR count). The Hall–Kier alpha value is -1.10. The maximum atomic E-state index is 11.7. The molecule has 1 atom stereocenters. The molecule has 1 fully saturated rings. The summed E-state index contributed by atoms with van der Waals surface area (Å²) in [6.07, 6.45) is 0.429. The number of amides is 2. The fourth-order valence-corrected chi connectivity index (χ4v) is 1.55. The minimum absolute atomic E-state index is 0.0328. The zero-order valence-electron chi connectivity index (χ0n) is 9.62. The van der Waals surface area contributed by atoms with Gasteiger partial charge in [0.25, 0.3) is 0 Å². The monoisotopic (exact) mass is 213 g/mol. The summed E-state index contributed by atoms with van der Waals surface area (Å²) in [6.45, 7) is 3.42. The third-order valence-electron chi connectivity index (χ3n) is 2.73. The van der Waals surface area contributed by atoms with Gasteiger partial charge in [0.1, 0.15) is 0 Å². The molecule has 1 saturated heterocycles. The molecule has 0 spiro atoms. The zero-order chi connectivity index (χ0) is 11.4. The van der Waals surface area contributed by atoms with Gasteiger partial charge in [-0.2, -0.15) is 0 Å². The van der Waals surface area contributed by atoms with Gasteiger partial charge in [0.05, 0.1) is 6.54 Å². The second kappa shape index (κ2) is 5.11. The van der Waals surface area contributed by atoms with Crippen molar-refractivity contribution in [2.45, 2.75) is 19.4 Å². The first kappa shape index (κ1) is 12.0. The molecule has 0 aromatic heterocycles. The maximum Gasteiger partial charge on any atom is 0.242 e. The van der Waals surface area contributed by atoms with Gasteiger partial charge < -0.3 is 15.1 Å². The number of rotatable bonds is 3. The van der Waals surface area contributed by atoms with E-state index in [2.05, 4.69) is 5.32 Å². The van der Waals surface area contributed by atoms with Crippen molar-refractivity contribution in [2.75, 3.05) is 33.7 Å². The molecule has 1 aliphatic heterocycles. The third-order valence-corrected chi connectivity index (χ3v) is 2.73. The largest absolute Gasteiger partial charge is 0.339 e. The zero-order valence-corrected chi connectivity index (χ0v) is 9.62. The second-order valence-corrected chi connectivity index (χ2v) is 4.03. The Morgan fingerprint density at radius 1 is 1.40 bits per heavy atom. The lowest BCUT2D eigenvalue weighted by atomic mass is 10.3. The Morgan fingerprint density at radius 2 is 2.07 bits per heavy atom. The van der Waals surface area contributed by atoms with Crippen LogP contribution in [0.2, 0.25) is 0 Å². The van der Waals surface area contributed by atoms with E-state index < -0.39 is 0 Å². The SMILES string of the molecule is CNC(C)CN1CCC(=O)N(C)CC1=O. The van der Waals surface area contributed by atoms with E-state index in [1.807, 2.05) is 14.0 Å². The van der Waals surface area contributed by atoms with Crippen molar-refractivity contribution in [3.8, 4) is 0 Å². The molecule has 0 aliphatic carbocycles. The van der Waals surface area contributed by atoms with Crippen molar-refractivity contribution >= 4 is 11.8 Å². The Labute approximate surface area is 90.4 Å². The van der Waals surface area contributed by atoms with E-state index in [1.165, 1.54) is 4.90 Å². The van der Waals surface area contributed by atoms with Gasteiger partial charge in [0, 0.05) is 32.6 Å². The molecule has 15 heavy (non-hydrogen) atoms. The fourth-order valence-electron chi connectivity index (χ4n) is 1.55. The smallest absolute Gasteiger partial charge is 0.242 e. The highest BCUT2D eigenvalue weighted by atomic mass is 16.2. The van der Waals surface area contributed by atoms with Crippen LogP contribution in [0.5, 0.6) is 0 Å². The quantitative estimate of drug-likeness (QED) is 0.673. The highest BCUT2D eigenvalue weighted by molar-refractivity contribution is 5.87. The van der Waals surface area contributed by atoms with Crippen molar-refractivity contribution < 1.29 is 9.59 Å². The molecule has 1 heterocycles. The summed E-state index contributed by atoms with van der Waals surface area (Å²) in [7, 11) is 3.54. The number of nitrogens with one attached hydrogen (secondary N) is 1. The lowest BCUT2D eigenvalue weighted by molar-refractivity contribution is -0.135. The first-order valence-corrected chi connectivity index (χ1v) is 5.23. The summed E-state index contributed by atoms with van der Waals surface area (Å²) in [6, 6.07) is 0.257. The summed E-state index contributed by atoms with van der Waals surface area (Å²) in [4.78, 5) is 26.4. The Morgan fingerprint density at radius 3 is 2.67 bits per heavy atom. The lowest BCUT2D eigenvalue weighted by Crippen LogP contribution is -2.43. The molecule has 1 unspecified atom stereocenters. The van der Waals surface area contributed by atoms with Crippen LogP contribution in [0.25, 0.3) is 0 Å². The van der Waals surface area contributed by atoms with E-state index in [9.17, 15) is 9.59 Å². The molecular weight excluding hydrogens is 194 g/mol. The van der Waals surface area contributed by atoms with Gasteiger partial charge in [-0.3, -0.25) is 9.59 Å². The van der Waals surface area contributed by atoms with Crippen LogP contribution in [-0.2, 0) is 9.59 Å². The standard InChI is InChI=1S/C10H19N3O2/c1-8(11-2)6-13-5-4-9(14)12(3)7-10(13)15/h8,11H,4-7H2,1-3H3. The molecule has 1 N–H and O–H groups in total. The summed E-state index contributed by atoms with van der Waals surface area (Å²) in [5.74, 6) is 0.0772. The van der Waals surface area contributed by atoms with Crippen LogP contribution < -0.4 is 5.32 Å². The average molecular weight is 213 g/mol. The summed E-state index contributed by atoms with van der Waals surface area (Å²) < 4.78 is 0. The normalized spacial score (nSPS) is 20.5. The van der Waals surface area contributed by atoms with Gasteiger partial charge in [-0.15, -0.1) is 0 Å². The van der Waals surface area contributed by atoms with Gasteiger partial charge in [0.2, 0.25) is 11.8 Å². The molecular formula is C10H19N3O2. The first-order valence-electron chi connectivity index (χ1n) is 5.23. The van der Waals surface area contributed by atoms with Gasteiger partial charge in [0.15, 0.2) is 0 Å². The molecule has 0 saturated carbocycles. The van der Waals surface area contributed by atoms with Crippen LogP contribution in [-0.4, -0.2) is 61.4 Å². The maximum absolute atomic E-state index is 11.7. The van der Waals surface area contributed by atoms with Crippen molar-refractivity contribution in [3.63, 3.8) is 0 Å². The lowest BCUT2D eigenvalue weighted by Gasteiger charge is -2.23. The first-order chi connectivity index (χ1) is 7.04. The van der Waals surface area contributed by atoms with Crippen molar-refractivity contribution in [2.24, 2.45) is 0 Å². The summed E-state index contributed by atoms with van der Waals surface area (Å²) in [5.41, 5.74) is 0. The van der Waals surface area contributed by atoms with Crippen LogP contribution in [0, 0.1) is 0 Å². The molecule has 0 bridgehead atoms. The predicted octanol–water partition coefficient (Wildman–Crippen LogP) is -0.715. The minimum Gasteiger partial charge on any atom is -0.339 e. The molecule has 0 radical (unpaired) electrons. The highest BCUT2D eigenvalue weighted by Crippen LogP contribution is 2.04. The van der Waals surface area contributed by atoms with E-state index in [1.54, 1.807) is 11.9 Å². The van der Waals surface area contributed by atoms with Crippen molar-refractivity contribution in [1.29, 1.82) is 0 Å². The number of carbonyl (C=O) groups is 2. The van der Waals surface area contributed by atoms with E-state index in [-0.39, 0.29) is 24.4 Å². The Kier molecular flexibility index (Phi) is 4.08. The van der Waals surface area contributed by atoms with Crippen LogP contribution in [0.4, 0.5) is 0 Å². The van der Waals surface area contributed by atoms with Crippen molar-refractivity contribution in [3.05, 3.63) is 0 Å². The number of nitrogens with zero attached hydrogens (tertiary/aromatic N) is 2. The molecule has 2 amide bonds. The highest BCUT2D eigenvalue weighted by Gasteiger charge is 2.24. The fraction of sp³-hybridized carbons (Fsp3) is 0.800. The molecule has 86 valence electrons. The van der Waals surface area contributed by atoms with E-state index in [4.69, 9.17) is 0 Å². The molecule has 5 heteroatoms. The van der Waals surface area contributed by atoms with E-state index >= 15 is 0 Å². The topological polar surface area (TPSA) is 52.7 Å². The van der Waals surface area contributed by atoms with E-state index in [0.29, 0.717) is 19.5 Å². The average Bonchev–Trinajstić information content (AvgIpc) is 2.32. The minimum atomic E-state index is 0.0328. The second-order valence-electron chi connectivity index (χ2n) is 4.03. The Bertz CT molecular complexity index is 255. The summed E-state index contributed by atoms with van der Waals surface area (Å²) >= 11 is 0. The van der Waals surface area contributed by atoms with Crippen LogP contribution in [0.15, 0.2) is 0 Å². The Balaban J connectivity index is 2.58. The van der Waals surface area contributed by atoms with Gasteiger partial charge >= 0.3 is 0 Å². The molecule has 5 nitrogen and oxygen atoms in total. The van der Waals surface area contributed by atoms with Gasteiger partial charge in [-0.1, -0.05) is 0 Å². The van der Waals surface area contributed by atoms with Crippen LogP contribution in [0.1, 0.15) is 13.3 Å². The summed E-state index contributed by atoms with van der Waals surface area (Å²) in [5, 5.41) is 3.08. The van der Waals surface area contributed by atoms with Crippen LogP contribution >= 0.6 is 0 Å². The number of carbonyl (C=O) groups excluding carboxylic acids is 2.